The quantitative estimate of drug-likeness (QED) is 0.767. The number of carbonyl (C=O) groups excluding carboxylic acids is 3. The van der Waals surface area contributed by atoms with Gasteiger partial charge in [0.15, 0.2) is 0 Å². The van der Waals surface area contributed by atoms with Crippen molar-refractivity contribution in [3.05, 3.63) is 71.8 Å². The molecule has 0 radical (unpaired) electrons. The van der Waals surface area contributed by atoms with Crippen molar-refractivity contribution < 1.29 is 14.4 Å². The van der Waals surface area contributed by atoms with Gasteiger partial charge in [-0.3, -0.25) is 14.5 Å². The molecule has 2 aromatic rings. The molecule has 0 saturated carbocycles. The van der Waals surface area contributed by atoms with Gasteiger partial charge in [-0.15, -0.1) is 0 Å². The number of urea groups is 1. The van der Waals surface area contributed by atoms with E-state index in [-0.39, 0.29) is 18.4 Å². The molecule has 1 atom stereocenters. The summed E-state index contributed by atoms with van der Waals surface area (Å²) in [5.74, 6) is -0.619. The van der Waals surface area contributed by atoms with Gasteiger partial charge < -0.3 is 10.2 Å². The molecule has 6 nitrogen and oxygen atoms in total. The van der Waals surface area contributed by atoms with Crippen molar-refractivity contribution in [3.8, 4) is 0 Å². The highest BCUT2D eigenvalue weighted by atomic mass is 16.2. The van der Waals surface area contributed by atoms with Gasteiger partial charge in [-0.1, -0.05) is 60.7 Å². The molecule has 1 aliphatic heterocycles. The molecule has 1 N–H and O–H groups in total. The molecule has 29 heavy (non-hydrogen) atoms. The Morgan fingerprint density at radius 2 is 1.52 bits per heavy atom. The second-order valence-electron chi connectivity index (χ2n) is 8.25. The van der Waals surface area contributed by atoms with Crippen LogP contribution >= 0.6 is 0 Å². The van der Waals surface area contributed by atoms with Crippen molar-refractivity contribution in [2.24, 2.45) is 0 Å². The van der Waals surface area contributed by atoms with E-state index in [9.17, 15) is 14.4 Å². The molecule has 1 aliphatic rings. The first-order valence-corrected chi connectivity index (χ1v) is 9.76. The molecule has 0 aromatic heterocycles. The predicted octanol–water partition coefficient (Wildman–Crippen LogP) is 2.98. The maximum atomic E-state index is 13.1. The highest BCUT2D eigenvalue weighted by molar-refractivity contribution is 6.06. The van der Waals surface area contributed by atoms with Crippen molar-refractivity contribution in [3.63, 3.8) is 0 Å². The molecular weight excluding hydrogens is 366 g/mol. The van der Waals surface area contributed by atoms with E-state index in [0.717, 1.165) is 16.0 Å². The lowest BCUT2D eigenvalue weighted by Crippen LogP contribution is -2.50. The van der Waals surface area contributed by atoms with E-state index in [1.54, 1.807) is 4.90 Å². The van der Waals surface area contributed by atoms with Gasteiger partial charge in [0.2, 0.25) is 5.91 Å². The third kappa shape index (κ3) is 5.02. The highest BCUT2D eigenvalue weighted by Gasteiger charge is 2.40. The minimum atomic E-state index is -0.644. The van der Waals surface area contributed by atoms with E-state index in [0.29, 0.717) is 13.0 Å². The molecule has 1 heterocycles. The minimum Gasteiger partial charge on any atom is -0.332 e. The highest BCUT2D eigenvalue weighted by Crippen LogP contribution is 2.19. The molecule has 152 valence electrons. The molecule has 6 heteroatoms. The number of nitrogens with one attached hydrogen (secondary N) is 1. The van der Waals surface area contributed by atoms with E-state index >= 15 is 0 Å². The summed E-state index contributed by atoms with van der Waals surface area (Å²) in [5, 5.41) is 2.70. The molecule has 0 aliphatic carbocycles. The van der Waals surface area contributed by atoms with E-state index in [1.807, 2.05) is 81.4 Å². The van der Waals surface area contributed by atoms with Gasteiger partial charge >= 0.3 is 6.03 Å². The Kier molecular flexibility index (Phi) is 6.01. The van der Waals surface area contributed by atoms with Crippen LogP contribution in [-0.2, 0) is 22.6 Å². The van der Waals surface area contributed by atoms with Gasteiger partial charge in [0, 0.05) is 18.5 Å². The maximum Gasteiger partial charge on any atom is 0.325 e. The molecule has 1 saturated heterocycles. The van der Waals surface area contributed by atoms with Gasteiger partial charge in [0.1, 0.15) is 12.6 Å². The van der Waals surface area contributed by atoms with E-state index < -0.39 is 17.6 Å². The summed E-state index contributed by atoms with van der Waals surface area (Å²) < 4.78 is 0. The van der Waals surface area contributed by atoms with Gasteiger partial charge in [-0.25, -0.2) is 4.79 Å². The Morgan fingerprint density at radius 3 is 2.07 bits per heavy atom. The fraction of sp³-hybridized carbons (Fsp3) is 0.348. The van der Waals surface area contributed by atoms with Crippen LogP contribution in [0.4, 0.5) is 4.79 Å². The van der Waals surface area contributed by atoms with Gasteiger partial charge in [0.25, 0.3) is 5.91 Å². The van der Waals surface area contributed by atoms with Crippen molar-refractivity contribution in [2.75, 3.05) is 6.54 Å². The Hall–Kier alpha value is -3.15. The zero-order valence-electron chi connectivity index (χ0n) is 17.1. The van der Waals surface area contributed by atoms with Crippen molar-refractivity contribution in [1.82, 2.24) is 15.1 Å². The molecular formula is C23H27N3O3. The average Bonchev–Trinajstić information content (AvgIpc) is 2.94. The van der Waals surface area contributed by atoms with E-state index in [4.69, 9.17) is 0 Å². The summed E-state index contributed by atoms with van der Waals surface area (Å²) >= 11 is 0. The van der Waals surface area contributed by atoms with Crippen molar-refractivity contribution in [1.29, 1.82) is 0 Å². The normalized spacial score (nSPS) is 16.7. The molecule has 2 aromatic carbocycles. The third-order valence-electron chi connectivity index (χ3n) is 4.98. The summed E-state index contributed by atoms with van der Waals surface area (Å²) in [7, 11) is 0. The van der Waals surface area contributed by atoms with Crippen LogP contribution in [0.2, 0.25) is 0 Å². The third-order valence-corrected chi connectivity index (χ3v) is 4.98. The number of rotatable bonds is 6. The van der Waals surface area contributed by atoms with Crippen LogP contribution < -0.4 is 5.32 Å². The number of benzene rings is 2. The number of nitrogens with zero attached hydrogens (tertiary/aromatic N) is 2. The van der Waals surface area contributed by atoms with Gasteiger partial charge in [-0.2, -0.15) is 0 Å². The number of imide groups is 1. The lowest BCUT2D eigenvalue weighted by atomic mass is 10.0. The summed E-state index contributed by atoms with van der Waals surface area (Å²) in [6.45, 7) is 5.98. The lowest BCUT2D eigenvalue weighted by Gasteiger charge is -2.36. The van der Waals surface area contributed by atoms with Crippen LogP contribution in [0.1, 0.15) is 31.9 Å². The fourth-order valence-corrected chi connectivity index (χ4v) is 3.40. The topological polar surface area (TPSA) is 69.7 Å². The van der Waals surface area contributed by atoms with Gasteiger partial charge in [-0.05, 0) is 31.9 Å². The van der Waals surface area contributed by atoms with Crippen molar-refractivity contribution >= 4 is 17.8 Å². The first-order chi connectivity index (χ1) is 13.8. The zero-order chi connectivity index (χ0) is 21.0. The van der Waals surface area contributed by atoms with Crippen LogP contribution in [0.25, 0.3) is 0 Å². The second kappa shape index (κ2) is 8.47. The van der Waals surface area contributed by atoms with Crippen LogP contribution in [-0.4, -0.2) is 45.8 Å². The van der Waals surface area contributed by atoms with E-state index in [2.05, 4.69) is 5.32 Å². The Bertz CT molecular complexity index is 875. The van der Waals surface area contributed by atoms with Crippen LogP contribution in [0.3, 0.4) is 0 Å². The Labute approximate surface area is 171 Å². The monoisotopic (exact) mass is 393 g/mol. The Morgan fingerprint density at radius 1 is 0.966 bits per heavy atom. The fourth-order valence-electron chi connectivity index (χ4n) is 3.40. The molecule has 0 bridgehead atoms. The molecule has 4 amide bonds. The number of hydrogen-bond donors (Lipinski definition) is 1. The number of hydrogen-bond acceptors (Lipinski definition) is 3. The molecule has 0 unspecified atom stereocenters. The number of amides is 4. The lowest BCUT2D eigenvalue weighted by molar-refractivity contribution is -0.141. The zero-order valence-corrected chi connectivity index (χ0v) is 17.1. The van der Waals surface area contributed by atoms with Crippen LogP contribution in [0.5, 0.6) is 0 Å². The summed E-state index contributed by atoms with van der Waals surface area (Å²) in [6.07, 6.45) is 0.406. The van der Waals surface area contributed by atoms with Crippen LogP contribution in [0.15, 0.2) is 60.7 Å². The van der Waals surface area contributed by atoms with Crippen LogP contribution in [0, 0.1) is 0 Å². The summed E-state index contributed by atoms with van der Waals surface area (Å²) in [5.41, 5.74) is 1.50. The smallest absolute Gasteiger partial charge is 0.325 e. The van der Waals surface area contributed by atoms with E-state index in [1.165, 1.54) is 0 Å². The molecule has 0 spiro atoms. The average molecular weight is 393 g/mol. The van der Waals surface area contributed by atoms with Crippen molar-refractivity contribution in [2.45, 2.75) is 45.3 Å². The standard InChI is InChI=1S/C23H27N3O3/c1-23(2,3)26(15-18-12-8-5-9-13-18)20(27)16-25-21(28)19(24-22(25)29)14-17-10-6-4-7-11-17/h4-13,19H,14-16H2,1-3H3,(H,24,29)/t19-/m0/s1. The largest absolute Gasteiger partial charge is 0.332 e. The summed E-state index contributed by atoms with van der Waals surface area (Å²) in [6, 6.07) is 18.0. The van der Waals surface area contributed by atoms with Gasteiger partial charge in [0.05, 0.1) is 0 Å². The molecule has 3 rings (SSSR count). The molecule has 1 fully saturated rings. The maximum absolute atomic E-state index is 13.1. The second-order valence-corrected chi connectivity index (χ2v) is 8.25. The first-order valence-electron chi connectivity index (χ1n) is 9.76. The SMILES string of the molecule is CC(C)(C)N(Cc1ccccc1)C(=O)CN1C(=O)N[C@@H](Cc2ccccc2)C1=O. The first kappa shape index (κ1) is 20.6. The predicted molar refractivity (Wildman–Crippen MR) is 111 cm³/mol. The summed E-state index contributed by atoms with van der Waals surface area (Å²) in [4.78, 5) is 40.9. The Balaban J connectivity index is 1.70. The number of carbonyl (C=O) groups is 3. The minimum absolute atomic E-state index is 0.259.